The number of oxazole rings is 1. The van der Waals surface area contributed by atoms with E-state index in [1.165, 1.54) is 0 Å². The number of thiazole rings is 1. The summed E-state index contributed by atoms with van der Waals surface area (Å²) < 4.78 is 6.71. The lowest BCUT2D eigenvalue weighted by atomic mass is 10.2. The molecule has 1 N–H and O–H groups in total. The lowest BCUT2D eigenvalue weighted by Gasteiger charge is -2.00. The standard InChI is InChI=1S/C16H10ClN3O2S/c1-8-18-13-12(23-8)6-5-11-14(13)22-16(19-11)20-15(21)9-3-2-4-10(17)7-9/h2-7H,1H3,(H,19,20,21). The van der Waals surface area contributed by atoms with Gasteiger partial charge in [-0.1, -0.05) is 17.7 Å². The summed E-state index contributed by atoms with van der Waals surface area (Å²) in [5.41, 5.74) is 2.44. The topological polar surface area (TPSA) is 68.0 Å². The number of fused-ring (bicyclic) bond motifs is 3. The number of anilines is 1. The molecule has 0 aliphatic carbocycles. The van der Waals surface area contributed by atoms with Crippen LogP contribution in [0.2, 0.25) is 5.02 Å². The number of hydrogen-bond donors (Lipinski definition) is 1. The minimum Gasteiger partial charge on any atom is -0.421 e. The third-order valence-corrected chi connectivity index (χ3v) is 4.50. The second-order valence-electron chi connectivity index (χ2n) is 4.98. The Morgan fingerprint density at radius 2 is 2.13 bits per heavy atom. The maximum absolute atomic E-state index is 12.2. The minimum absolute atomic E-state index is 0.142. The Kier molecular flexibility index (Phi) is 3.28. The number of aryl methyl sites for hydroxylation is 1. The van der Waals surface area contributed by atoms with Gasteiger partial charge in [0, 0.05) is 10.6 Å². The van der Waals surface area contributed by atoms with Gasteiger partial charge < -0.3 is 4.42 Å². The fourth-order valence-electron chi connectivity index (χ4n) is 2.34. The number of rotatable bonds is 2. The molecule has 0 radical (unpaired) electrons. The summed E-state index contributed by atoms with van der Waals surface area (Å²) in [6.07, 6.45) is 0. The van der Waals surface area contributed by atoms with Crippen LogP contribution in [0.4, 0.5) is 6.01 Å². The third kappa shape index (κ3) is 2.56. The highest BCUT2D eigenvalue weighted by molar-refractivity contribution is 7.18. The van der Waals surface area contributed by atoms with Crippen molar-refractivity contribution in [1.82, 2.24) is 9.97 Å². The van der Waals surface area contributed by atoms with Crippen molar-refractivity contribution >= 4 is 56.2 Å². The van der Waals surface area contributed by atoms with E-state index >= 15 is 0 Å². The van der Waals surface area contributed by atoms with Gasteiger partial charge >= 0.3 is 6.01 Å². The molecule has 4 rings (SSSR count). The van der Waals surface area contributed by atoms with Gasteiger partial charge in [0.05, 0.1) is 9.71 Å². The van der Waals surface area contributed by atoms with E-state index in [1.54, 1.807) is 35.6 Å². The van der Waals surface area contributed by atoms with Gasteiger partial charge in [0.25, 0.3) is 5.91 Å². The van der Waals surface area contributed by atoms with Crippen LogP contribution in [0, 0.1) is 6.92 Å². The van der Waals surface area contributed by atoms with Crippen LogP contribution in [0.3, 0.4) is 0 Å². The van der Waals surface area contributed by atoms with Crippen molar-refractivity contribution in [2.75, 3.05) is 5.32 Å². The van der Waals surface area contributed by atoms with Gasteiger partial charge in [0.2, 0.25) is 0 Å². The van der Waals surface area contributed by atoms with Crippen molar-refractivity contribution < 1.29 is 9.21 Å². The molecule has 2 aromatic heterocycles. The Balaban J connectivity index is 1.72. The number of aromatic nitrogens is 2. The maximum Gasteiger partial charge on any atom is 0.302 e. The molecule has 23 heavy (non-hydrogen) atoms. The Bertz CT molecular complexity index is 1050. The average Bonchev–Trinajstić information content (AvgIpc) is 3.08. The van der Waals surface area contributed by atoms with E-state index in [9.17, 15) is 4.79 Å². The van der Waals surface area contributed by atoms with Crippen molar-refractivity contribution in [1.29, 1.82) is 0 Å². The van der Waals surface area contributed by atoms with Gasteiger partial charge in [-0.15, -0.1) is 11.3 Å². The van der Waals surface area contributed by atoms with E-state index in [0.717, 1.165) is 15.2 Å². The summed E-state index contributed by atoms with van der Waals surface area (Å²) >= 11 is 7.49. The van der Waals surface area contributed by atoms with Crippen LogP contribution in [0.5, 0.6) is 0 Å². The molecule has 2 heterocycles. The molecule has 4 aromatic rings. The van der Waals surface area contributed by atoms with Gasteiger partial charge in [0.1, 0.15) is 11.0 Å². The summed E-state index contributed by atoms with van der Waals surface area (Å²) in [6, 6.07) is 10.6. The van der Waals surface area contributed by atoms with Gasteiger partial charge in [0.15, 0.2) is 5.58 Å². The molecule has 5 nitrogen and oxygen atoms in total. The second-order valence-corrected chi connectivity index (χ2v) is 6.65. The van der Waals surface area contributed by atoms with E-state index < -0.39 is 0 Å². The largest absolute Gasteiger partial charge is 0.421 e. The lowest BCUT2D eigenvalue weighted by Crippen LogP contribution is -2.11. The van der Waals surface area contributed by atoms with Gasteiger partial charge in [-0.2, -0.15) is 4.98 Å². The van der Waals surface area contributed by atoms with E-state index in [0.29, 0.717) is 21.7 Å². The van der Waals surface area contributed by atoms with Crippen LogP contribution in [0.25, 0.3) is 21.3 Å². The number of amides is 1. The molecule has 0 fully saturated rings. The first-order chi connectivity index (χ1) is 11.1. The second kappa shape index (κ2) is 5.33. The first-order valence-corrected chi connectivity index (χ1v) is 8.03. The van der Waals surface area contributed by atoms with Crippen LogP contribution < -0.4 is 5.32 Å². The van der Waals surface area contributed by atoms with E-state index in [1.807, 2.05) is 19.1 Å². The number of nitrogens with zero attached hydrogens (tertiary/aromatic N) is 2. The lowest BCUT2D eigenvalue weighted by molar-refractivity contribution is 0.102. The highest BCUT2D eigenvalue weighted by Gasteiger charge is 2.15. The Hall–Kier alpha value is -2.44. The summed E-state index contributed by atoms with van der Waals surface area (Å²) in [5, 5.41) is 4.09. The van der Waals surface area contributed by atoms with Crippen LogP contribution in [0.15, 0.2) is 40.8 Å². The van der Waals surface area contributed by atoms with E-state index in [2.05, 4.69) is 15.3 Å². The minimum atomic E-state index is -0.329. The predicted molar refractivity (Wildman–Crippen MR) is 91.3 cm³/mol. The molecule has 2 aromatic carbocycles. The van der Waals surface area contributed by atoms with Crippen LogP contribution in [-0.4, -0.2) is 15.9 Å². The van der Waals surface area contributed by atoms with Gasteiger partial charge in [-0.05, 0) is 37.3 Å². The molecule has 0 saturated carbocycles. The normalized spacial score (nSPS) is 11.2. The van der Waals surface area contributed by atoms with Crippen molar-refractivity contribution in [2.45, 2.75) is 6.92 Å². The van der Waals surface area contributed by atoms with Crippen LogP contribution in [-0.2, 0) is 0 Å². The predicted octanol–water partition coefficient (Wildman–Crippen LogP) is 4.65. The van der Waals surface area contributed by atoms with Crippen molar-refractivity contribution in [3.05, 3.63) is 52.0 Å². The quantitative estimate of drug-likeness (QED) is 0.575. The Morgan fingerprint density at radius 3 is 2.96 bits per heavy atom. The molecule has 0 unspecified atom stereocenters. The molecule has 0 saturated heterocycles. The van der Waals surface area contributed by atoms with Crippen molar-refractivity contribution in [3.63, 3.8) is 0 Å². The molecule has 0 spiro atoms. The van der Waals surface area contributed by atoms with E-state index in [4.69, 9.17) is 16.0 Å². The molecule has 0 aliphatic rings. The van der Waals surface area contributed by atoms with Crippen molar-refractivity contribution in [2.24, 2.45) is 0 Å². The van der Waals surface area contributed by atoms with E-state index in [-0.39, 0.29) is 11.9 Å². The number of hydrogen-bond acceptors (Lipinski definition) is 5. The van der Waals surface area contributed by atoms with Crippen molar-refractivity contribution in [3.8, 4) is 0 Å². The van der Waals surface area contributed by atoms with Gasteiger partial charge in [-0.25, -0.2) is 4.98 Å². The fourth-order valence-corrected chi connectivity index (χ4v) is 3.36. The Morgan fingerprint density at radius 1 is 1.26 bits per heavy atom. The van der Waals surface area contributed by atoms with Crippen LogP contribution >= 0.6 is 22.9 Å². The zero-order chi connectivity index (χ0) is 16.0. The monoisotopic (exact) mass is 343 g/mol. The highest BCUT2D eigenvalue weighted by atomic mass is 35.5. The maximum atomic E-state index is 12.2. The van der Waals surface area contributed by atoms with Crippen LogP contribution in [0.1, 0.15) is 15.4 Å². The number of carbonyl (C=O) groups is 1. The summed E-state index contributed by atoms with van der Waals surface area (Å²) in [4.78, 5) is 21.0. The molecule has 0 bridgehead atoms. The number of halogens is 1. The molecule has 114 valence electrons. The van der Waals surface area contributed by atoms with Gasteiger partial charge in [-0.3, -0.25) is 10.1 Å². The summed E-state index contributed by atoms with van der Waals surface area (Å²) in [7, 11) is 0. The first-order valence-electron chi connectivity index (χ1n) is 6.84. The molecule has 0 atom stereocenters. The first kappa shape index (κ1) is 14.2. The summed E-state index contributed by atoms with van der Waals surface area (Å²) in [5.74, 6) is -0.329. The third-order valence-electron chi connectivity index (χ3n) is 3.33. The average molecular weight is 344 g/mol. The zero-order valence-electron chi connectivity index (χ0n) is 12.0. The zero-order valence-corrected chi connectivity index (χ0v) is 13.5. The fraction of sp³-hybridized carbons (Fsp3) is 0.0625. The molecular formula is C16H10ClN3O2S. The number of carbonyl (C=O) groups excluding carboxylic acids is 1. The smallest absolute Gasteiger partial charge is 0.302 e. The Labute approximate surface area is 139 Å². The highest BCUT2D eigenvalue weighted by Crippen LogP contribution is 2.30. The number of nitrogens with one attached hydrogen (secondary N) is 1. The molecule has 7 heteroatoms. The summed E-state index contributed by atoms with van der Waals surface area (Å²) in [6.45, 7) is 1.94. The SMILES string of the molecule is Cc1nc2c(ccc3nc(NC(=O)c4cccc(Cl)c4)oc32)s1. The number of benzene rings is 2. The molecular weight excluding hydrogens is 334 g/mol. The molecule has 1 amide bonds. The molecule has 0 aliphatic heterocycles.